The van der Waals surface area contributed by atoms with Crippen LogP contribution < -0.4 is 10.6 Å². The Morgan fingerprint density at radius 2 is 1.15 bits per heavy atom. The van der Waals surface area contributed by atoms with Gasteiger partial charge < -0.3 is 10.6 Å². The predicted octanol–water partition coefficient (Wildman–Crippen LogP) is 4.38. The third-order valence-electron chi connectivity index (χ3n) is 4.34. The van der Waals surface area contributed by atoms with Gasteiger partial charge in [0.05, 0.1) is 0 Å². The van der Waals surface area contributed by atoms with Gasteiger partial charge in [0.15, 0.2) is 5.78 Å². The molecule has 2 aromatic rings. The maximum absolute atomic E-state index is 12.8. The van der Waals surface area contributed by atoms with Crippen LogP contribution >= 0.6 is 0 Å². The molecule has 0 unspecified atom stereocenters. The molecule has 1 aliphatic rings. The Hall–Kier alpha value is -2.95. The summed E-state index contributed by atoms with van der Waals surface area (Å²) < 4.78 is 0. The Bertz CT molecular complexity index is 815. The van der Waals surface area contributed by atoms with Gasteiger partial charge in [-0.3, -0.25) is 14.4 Å². The molecule has 0 spiro atoms. The minimum absolute atomic E-state index is 0.0590. The lowest BCUT2D eigenvalue weighted by molar-refractivity contribution is -0.117. The fourth-order valence-corrected chi connectivity index (χ4v) is 3.14. The standard InChI is InChI=1S/C21H22N2O3/c1-3-5-19(24)22-13-7-9-15-16-10-8-14(23-20(25)6-4-2)12-18(16)21(26)17(15)11-13/h7-12H,3-6H2,1-2H3,(H,22,24)(H,23,25). The Labute approximate surface area is 152 Å². The molecular formula is C21H22N2O3. The van der Waals surface area contributed by atoms with Crippen molar-refractivity contribution in [3.63, 3.8) is 0 Å². The zero-order chi connectivity index (χ0) is 18.7. The number of hydrogen-bond acceptors (Lipinski definition) is 3. The first-order valence-electron chi connectivity index (χ1n) is 8.96. The van der Waals surface area contributed by atoms with E-state index in [0.29, 0.717) is 35.3 Å². The van der Waals surface area contributed by atoms with E-state index in [0.717, 1.165) is 24.0 Å². The molecule has 5 nitrogen and oxygen atoms in total. The molecule has 2 amide bonds. The fraction of sp³-hybridized carbons (Fsp3) is 0.286. The molecule has 0 bridgehead atoms. The lowest BCUT2D eigenvalue weighted by Gasteiger charge is -2.07. The number of hydrogen-bond donors (Lipinski definition) is 2. The van der Waals surface area contributed by atoms with E-state index in [2.05, 4.69) is 10.6 Å². The molecule has 2 aromatic carbocycles. The number of rotatable bonds is 6. The Morgan fingerprint density at radius 1 is 0.731 bits per heavy atom. The van der Waals surface area contributed by atoms with Crippen LogP contribution in [0.2, 0.25) is 0 Å². The smallest absolute Gasteiger partial charge is 0.224 e. The molecule has 0 fully saturated rings. The molecule has 0 saturated heterocycles. The minimum atomic E-state index is -0.0896. The van der Waals surface area contributed by atoms with Crippen molar-refractivity contribution >= 4 is 29.0 Å². The second kappa shape index (κ2) is 7.52. The topological polar surface area (TPSA) is 75.3 Å². The molecule has 0 radical (unpaired) electrons. The van der Waals surface area contributed by atoms with Gasteiger partial charge in [0, 0.05) is 35.3 Å². The number of amides is 2. The molecule has 0 aliphatic heterocycles. The quantitative estimate of drug-likeness (QED) is 0.693. The van der Waals surface area contributed by atoms with Gasteiger partial charge in [0.25, 0.3) is 0 Å². The van der Waals surface area contributed by atoms with E-state index in [4.69, 9.17) is 0 Å². The molecule has 3 rings (SSSR count). The third-order valence-corrected chi connectivity index (χ3v) is 4.34. The van der Waals surface area contributed by atoms with E-state index < -0.39 is 0 Å². The lowest BCUT2D eigenvalue weighted by Crippen LogP contribution is -2.11. The summed E-state index contributed by atoms with van der Waals surface area (Å²) in [5.74, 6) is -0.208. The highest BCUT2D eigenvalue weighted by Gasteiger charge is 2.27. The molecule has 0 aromatic heterocycles. The predicted molar refractivity (Wildman–Crippen MR) is 102 cm³/mol. The number of benzene rings is 2. The first kappa shape index (κ1) is 17.9. The normalized spacial score (nSPS) is 11.7. The Balaban J connectivity index is 1.86. The minimum Gasteiger partial charge on any atom is -0.326 e. The zero-order valence-electron chi connectivity index (χ0n) is 15.0. The number of ketones is 1. The molecule has 26 heavy (non-hydrogen) atoms. The van der Waals surface area contributed by atoms with E-state index in [1.165, 1.54) is 0 Å². The van der Waals surface area contributed by atoms with E-state index >= 15 is 0 Å². The van der Waals surface area contributed by atoms with Gasteiger partial charge in [-0.1, -0.05) is 26.0 Å². The molecule has 2 N–H and O–H groups in total. The van der Waals surface area contributed by atoms with Crippen molar-refractivity contribution in [1.29, 1.82) is 0 Å². The van der Waals surface area contributed by atoms with Crippen LogP contribution in [-0.2, 0) is 9.59 Å². The second-order valence-electron chi connectivity index (χ2n) is 6.45. The number of carbonyl (C=O) groups excluding carboxylic acids is 3. The molecule has 0 heterocycles. The van der Waals surface area contributed by atoms with Crippen molar-refractivity contribution in [2.75, 3.05) is 10.6 Å². The summed E-state index contributed by atoms with van der Waals surface area (Å²) in [6, 6.07) is 10.8. The van der Waals surface area contributed by atoms with Gasteiger partial charge in [-0.15, -0.1) is 0 Å². The van der Waals surface area contributed by atoms with Gasteiger partial charge >= 0.3 is 0 Å². The number of fused-ring (bicyclic) bond motifs is 3. The van der Waals surface area contributed by atoms with Crippen LogP contribution in [0.1, 0.15) is 55.5 Å². The van der Waals surface area contributed by atoms with Crippen molar-refractivity contribution in [3.05, 3.63) is 47.5 Å². The largest absolute Gasteiger partial charge is 0.326 e. The first-order valence-corrected chi connectivity index (χ1v) is 8.96. The average molecular weight is 350 g/mol. The maximum atomic E-state index is 12.8. The fourth-order valence-electron chi connectivity index (χ4n) is 3.14. The van der Waals surface area contributed by atoms with Gasteiger partial charge in [-0.2, -0.15) is 0 Å². The van der Waals surface area contributed by atoms with Gasteiger partial charge in [-0.05, 0) is 48.2 Å². The summed E-state index contributed by atoms with van der Waals surface area (Å²) in [4.78, 5) is 36.3. The molecule has 1 aliphatic carbocycles. The molecule has 134 valence electrons. The van der Waals surface area contributed by atoms with Crippen molar-refractivity contribution < 1.29 is 14.4 Å². The van der Waals surface area contributed by atoms with E-state index in [-0.39, 0.29) is 17.6 Å². The molecule has 0 saturated carbocycles. The van der Waals surface area contributed by atoms with Crippen LogP contribution in [0.5, 0.6) is 0 Å². The maximum Gasteiger partial charge on any atom is 0.224 e. The Kier molecular flexibility index (Phi) is 5.16. The summed E-state index contributed by atoms with van der Waals surface area (Å²) in [5, 5.41) is 5.65. The number of nitrogens with one attached hydrogen (secondary N) is 2. The molecule has 5 heteroatoms. The first-order chi connectivity index (χ1) is 12.5. The third kappa shape index (κ3) is 3.52. The highest BCUT2D eigenvalue weighted by atomic mass is 16.2. The van der Waals surface area contributed by atoms with E-state index in [1.54, 1.807) is 12.1 Å². The van der Waals surface area contributed by atoms with Gasteiger partial charge in [-0.25, -0.2) is 0 Å². The monoisotopic (exact) mass is 350 g/mol. The SMILES string of the molecule is CCCC(=O)Nc1ccc2c(c1)C(=O)c1cc(NC(=O)CCC)ccc1-2. The van der Waals surface area contributed by atoms with Crippen LogP contribution in [-0.4, -0.2) is 17.6 Å². The van der Waals surface area contributed by atoms with Crippen LogP contribution in [0.4, 0.5) is 11.4 Å². The Morgan fingerprint density at radius 3 is 1.54 bits per heavy atom. The van der Waals surface area contributed by atoms with Gasteiger partial charge in [0.2, 0.25) is 11.8 Å². The molecule has 0 atom stereocenters. The highest BCUT2D eigenvalue weighted by Crippen LogP contribution is 2.39. The summed E-state index contributed by atoms with van der Waals surface area (Å²) in [5.41, 5.74) is 4.10. The summed E-state index contributed by atoms with van der Waals surface area (Å²) >= 11 is 0. The van der Waals surface area contributed by atoms with Crippen LogP contribution in [0.25, 0.3) is 11.1 Å². The average Bonchev–Trinajstić information content (AvgIpc) is 2.87. The zero-order valence-corrected chi connectivity index (χ0v) is 15.0. The lowest BCUT2D eigenvalue weighted by atomic mass is 10.0. The summed E-state index contributed by atoms with van der Waals surface area (Å²) in [6.07, 6.45) is 2.44. The van der Waals surface area contributed by atoms with E-state index in [1.807, 2.05) is 38.1 Å². The number of anilines is 2. The molecular weight excluding hydrogens is 328 g/mol. The van der Waals surface area contributed by atoms with Crippen molar-refractivity contribution in [3.8, 4) is 11.1 Å². The van der Waals surface area contributed by atoms with Crippen LogP contribution in [0, 0.1) is 0 Å². The highest BCUT2D eigenvalue weighted by molar-refractivity contribution is 6.22. The van der Waals surface area contributed by atoms with Crippen LogP contribution in [0.3, 0.4) is 0 Å². The second-order valence-corrected chi connectivity index (χ2v) is 6.45. The van der Waals surface area contributed by atoms with Crippen molar-refractivity contribution in [1.82, 2.24) is 0 Å². The van der Waals surface area contributed by atoms with Crippen molar-refractivity contribution in [2.45, 2.75) is 39.5 Å². The van der Waals surface area contributed by atoms with Crippen LogP contribution in [0.15, 0.2) is 36.4 Å². The summed E-state index contributed by atoms with van der Waals surface area (Å²) in [7, 11) is 0. The van der Waals surface area contributed by atoms with Gasteiger partial charge in [0.1, 0.15) is 0 Å². The van der Waals surface area contributed by atoms with E-state index in [9.17, 15) is 14.4 Å². The summed E-state index contributed by atoms with van der Waals surface area (Å²) in [6.45, 7) is 3.89. The van der Waals surface area contributed by atoms with Crippen molar-refractivity contribution in [2.24, 2.45) is 0 Å². The number of carbonyl (C=O) groups is 3.